The lowest BCUT2D eigenvalue weighted by Crippen LogP contribution is -2.32. The Hall–Kier alpha value is -3.40. The molecule has 2 aromatic heterocycles. The van der Waals surface area contributed by atoms with Crippen molar-refractivity contribution < 1.29 is 19.1 Å². The summed E-state index contributed by atoms with van der Waals surface area (Å²) in [4.78, 5) is 33.5. The Morgan fingerprint density at radius 3 is 2.51 bits per heavy atom. The van der Waals surface area contributed by atoms with Gasteiger partial charge in [0, 0.05) is 28.9 Å². The van der Waals surface area contributed by atoms with E-state index >= 15 is 0 Å². The normalized spacial score (nSPS) is 11.4. The molecule has 1 aromatic carbocycles. The molecule has 0 fully saturated rings. The molecule has 3 rings (SSSR count). The van der Waals surface area contributed by atoms with E-state index in [9.17, 15) is 9.59 Å². The summed E-state index contributed by atoms with van der Waals surface area (Å²) in [7, 11) is 1.53. The number of alkyl carbamates (subject to hydrolysis) is 1. The number of nitrogens with one attached hydrogen (secondary N) is 2. The minimum absolute atomic E-state index is 0.108. The van der Waals surface area contributed by atoms with Crippen LogP contribution >= 0.6 is 11.6 Å². The minimum atomic E-state index is -0.593. The van der Waals surface area contributed by atoms with Crippen LogP contribution in [-0.4, -0.2) is 44.3 Å². The maximum Gasteiger partial charge on any atom is 0.408 e. The van der Waals surface area contributed by atoms with Gasteiger partial charge in [-0.05, 0) is 65.2 Å². The number of aromatic nitrogens is 4. The van der Waals surface area contributed by atoms with E-state index in [-0.39, 0.29) is 18.9 Å². The van der Waals surface area contributed by atoms with Gasteiger partial charge < -0.3 is 20.1 Å². The molecule has 3 aromatic rings. The Morgan fingerprint density at radius 1 is 1.14 bits per heavy atom. The first-order valence-electron chi connectivity index (χ1n) is 11.2. The summed E-state index contributed by atoms with van der Waals surface area (Å²) in [6.07, 6.45) is 0.158. The summed E-state index contributed by atoms with van der Waals surface area (Å²) in [5.74, 6) is 1.17. The number of hydrogen-bond donors (Lipinski definition) is 2. The average Bonchev–Trinajstić information content (AvgIpc) is 3.16. The molecule has 11 heteroatoms. The van der Waals surface area contributed by atoms with Crippen molar-refractivity contribution in [1.29, 1.82) is 0 Å². The minimum Gasteiger partial charge on any atom is -0.495 e. The maximum atomic E-state index is 12.7. The second-order valence-corrected chi connectivity index (χ2v) is 9.61. The topological polar surface area (TPSA) is 120 Å². The largest absolute Gasteiger partial charge is 0.495 e. The number of hydrogen-bond acceptors (Lipinski definition) is 7. The van der Waals surface area contributed by atoms with Crippen molar-refractivity contribution in [3.63, 3.8) is 0 Å². The van der Waals surface area contributed by atoms with Crippen LogP contribution in [-0.2, 0) is 22.5 Å². The number of anilines is 1. The van der Waals surface area contributed by atoms with E-state index in [0.29, 0.717) is 34.5 Å². The fourth-order valence-electron chi connectivity index (χ4n) is 3.53. The van der Waals surface area contributed by atoms with E-state index in [4.69, 9.17) is 21.1 Å². The van der Waals surface area contributed by atoms with E-state index in [1.807, 2.05) is 20.8 Å². The van der Waals surface area contributed by atoms with Crippen molar-refractivity contribution >= 4 is 35.1 Å². The maximum absolute atomic E-state index is 12.7. The average molecular weight is 503 g/mol. The molecule has 0 spiro atoms. The van der Waals surface area contributed by atoms with Crippen molar-refractivity contribution in [2.24, 2.45) is 0 Å². The molecule has 0 aliphatic heterocycles. The summed E-state index contributed by atoms with van der Waals surface area (Å²) < 4.78 is 12.2. The number of benzene rings is 1. The molecule has 0 radical (unpaired) electrons. The highest BCUT2D eigenvalue weighted by molar-refractivity contribution is 6.31. The van der Waals surface area contributed by atoms with Gasteiger partial charge in [0.2, 0.25) is 5.91 Å². The van der Waals surface area contributed by atoms with Gasteiger partial charge in [-0.1, -0.05) is 11.6 Å². The molecule has 10 nitrogen and oxygen atoms in total. The summed E-state index contributed by atoms with van der Waals surface area (Å²) in [6.45, 7) is 11.1. The summed E-state index contributed by atoms with van der Waals surface area (Å²) >= 11 is 6.15. The zero-order chi connectivity index (χ0) is 25.9. The van der Waals surface area contributed by atoms with Gasteiger partial charge in [0.15, 0.2) is 5.82 Å². The number of nitrogens with zero attached hydrogens (tertiary/aromatic N) is 4. The Bertz CT molecular complexity index is 1270. The SMILES string of the molecule is COc1cc(Cl)c(C)cc1NC(=O)CCc1c(C)nc2nc(CNC(=O)OC(C)(C)C)nn2c1C. The van der Waals surface area contributed by atoms with Crippen LogP contribution in [0.25, 0.3) is 5.78 Å². The Kier molecular flexibility index (Phi) is 7.84. The number of carbonyl (C=O) groups is 2. The van der Waals surface area contributed by atoms with Gasteiger partial charge in [-0.25, -0.2) is 14.3 Å². The molecule has 0 saturated carbocycles. The molecular weight excluding hydrogens is 472 g/mol. The zero-order valence-electron chi connectivity index (χ0n) is 21.1. The fraction of sp³-hybridized carbons (Fsp3) is 0.458. The van der Waals surface area contributed by atoms with Gasteiger partial charge in [-0.15, -0.1) is 5.10 Å². The molecule has 188 valence electrons. The van der Waals surface area contributed by atoms with Crippen molar-refractivity contribution in [3.05, 3.63) is 45.5 Å². The number of aryl methyl sites for hydroxylation is 3. The molecule has 0 unspecified atom stereocenters. The molecule has 2 N–H and O–H groups in total. The third-order valence-corrected chi connectivity index (χ3v) is 5.65. The van der Waals surface area contributed by atoms with Crippen LogP contribution in [0.1, 0.15) is 55.5 Å². The van der Waals surface area contributed by atoms with E-state index < -0.39 is 11.7 Å². The number of halogens is 1. The molecule has 0 atom stereocenters. The molecule has 0 aliphatic rings. The van der Waals surface area contributed by atoms with Gasteiger partial charge in [0.25, 0.3) is 5.78 Å². The van der Waals surface area contributed by atoms with Crippen LogP contribution in [0.15, 0.2) is 12.1 Å². The number of fused-ring (bicyclic) bond motifs is 1. The number of rotatable bonds is 7. The van der Waals surface area contributed by atoms with E-state index in [0.717, 1.165) is 22.5 Å². The third kappa shape index (κ3) is 6.60. The van der Waals surface area contributed by atoms with Crippen molar-refractivity contribution in [2.75, 3.05) is 12.4 Å². The van der Waals surface area contributed by atoms with Crippen molar-refractivity contribution in [3.8, 4) is 5.75 Å². The summed E-state index contributed by atoms with van der Waals surface area (Å²) in [5, 5.41) is 10.6. The third-order valence-electron chi connectivity index (χ3n) is 5.24. The number of amides is 2. The predicted octanol–water partition coefficient (Wildman–Crippen LogP) is 4.31. The van der Waals surface area contributed by atoms with Crippen LogP contribution in [0.4, 0.5) is 10.5 Å². The van der Waals surface area contributed by atoms with Crippen LogP contribution in [0.2, 0.25) is 5.02 Å². The second-order valence-electron chi connectivity index (χ2n) is 9.21. The van der Waals surface area contributed by atoms with E-state index in [1.54, 1.807) is 37.4 Å². The quantitative estimate of drug-likeness (QED) is 0.494. The Morgan fingerprint density at radius 2 is 1.86 bits per heavy atom. The van der Waals surface area contributed by atoms with Crippen LogP contribution in [0.5, 0.6) is 5.75 Å². The highest BCUT2D eigenvalue weighted by atomic mass is 35.5. The lowest BCUT2D eigenvalue weighted by Gasteiger charge is -2.19. The second kappa shape index (κ2) is 10.5. The van der Waals surface area contributed by atoms with E-state index in [2.05, 4.69) is 25.7 Å². The Balaban J connectivity index is 1.70. The molecule has 0 aliphatic carbocycles. The lowest BCUT2D eigenvalue weighted by molar-refractivity contribution is -0.116. The monoisotopic (exact) mass is 502 g/mol. The first-order chi connectivity index (χ1) is 16.4. The lowest BCUT2D eigenvalue weighted by atomic mass is 10.1. The standard InChI is InChI=1S/C24H31ClN6O4/c1-13-10-18(19(34-7)11-17(13)25)28-21(32)9-8-16-14(2)27-22-29-20(30-31(22)15(16)3)12-26-23(33)35-24(4,5)6/h10-11H,8-9,12H2,1-7H3,(H,26,33)(H,28,32). The smallest absolute Gasteiger partial charge is 0.408 e. The van der Waals surface area contributed by atoms with Gasteiger partial charge in [0.05, 0.1) is 19.3 Å². The highest BCUT2D eigenvalue weighted by Crippen LogP contribution is 2.31. The first kappa shape index (κ1) is 26.2. The Labute approximate surface area is 209 Å². The van der Waals surface area contributed by atoms with Gasteiger partial charge >= 0.3 is 6.09 Å². The van der Waals surface area contributed by atoms with Gasteiger partial charge in [-0.2, -0.15) is 4.98 Å². The fourth-order valence-corrected chi connectivity index (χ4v) is 3.69. The van der Waals surface area contributed by atoms with Crippen LogP contribution in [0.3, 0.4) is 0 Å². The van der Waals surface area contributed by atoms with Crippen molar-refractivity contribution in [2.45, 2.75) is 66.5 Å². The summed E-state index contributed by atoms with van der Waals surface area (Å²) in [5.41, 5.74) is 3.32. The zero-order valence-corrected chi connectivity index (χ0v) is 21.8. The molecule has 35 heavy (non-hydrogen) atoms. The summed E-state index contributed by atoms with van der Waals surface area (Å²) in [6, 6.07) is 3.46. The number of ether oxygens (including phenoxy) is 2. The van der Waals surface area contributed by atoms with Crippen LogP contribution < -0.4 is 15.4 Å². The van der Waals surface area contributed by atoms with Crippen molar-refractivity contribution in [1.82, 2.24) is 24.9 Å². The van der Waals surface area contributed by atoms with Crippen LogP contribution in [0, 0.1) is 20.8 Å². The predicted molar refractivity (Wildman–Crippen MR) is 133 cm³/mol. The number of methoxy groups -OCH3 is 1. The number of carbonyl (C=O) groups excluding carboxylic acids is 2. The molecular formula is C24H31ClN6O4. The molecule has 2 heterocycles. The molecule has 0 saturated heterocycles. The van der Waals surface area contributed by atoms with Gasteiger partial charge in [0.1, 0.15) is 11.4 Å². The van der Waals surface area contributed by atoms with E-state index in [1.165, 1.54) is 7.11 Å². The molecule has 0 bridgehead atoms. The first-order valence-corrected chi connectivity index (χ1v) is 11.6. The molecule has 2 amide bonds. The highest BCUT2D eigenvalue weighted by Gasteiger charge is 2.18. The van der Waals surface area contributed by atoms with Gasteiger partial charge in [-0.3, -0.25) is 4.79 Å².